The Morgan fingerprint density at radius 3 is 3.04 bits per heavy atom. The van der Waals surface area contributed by atoms with E-state index in [4.69, 9.17) is 9.47 Å². The number of rotatable bonds is 4. The molecule has 0 spiro atoms. The number of aromatic nitrogens is 4. The van der Waals surface area contributed by atoms with Gasteiger partial charge in [0.1, 0.15) is 6.23 Å². The van der Waals surface area contributed by atoms with Crippen molar-refractivity contribution in [2.75, 3.05) is 19.0 Å². The first-order valence-electron chi connectivity index (χ1n) is 7.82. The first-order valence-corrected chi connectivity index (χ1v) is 8.61. The number of fused-ring (bicyclic) bond motifs is 1. The molecule has 0 bridgehead atoms. The number of nitrogens with one attached hydrogen (secondary N) is 1. The third-order valence-corrected chi connectivity index (χ3v) is 4.42. The molecule has 2 aromatic heterocycles. The van der Waals surface area contributed by atoms with Crippen LogP contribution in [0.1, 0.15) is 19.1 Å². The van der Waals surface area contributed by atoms with Gasteiger partial charge < -0.3 is 19.9 Å². The molecule has 1 saturated heterocycles. The molecular formula is C16H16BrN5O3. The zero-order valence-electron chi connectivity index (χ0n) is 13.4. The average molecular weight is 406 g/mol. The maximum atomic E-state index is 9.94. The second-order valence-corrected chi connectivity index (χ2v) is 6.33. The lowest BCUT2D eigenvalue weighted by Gasteiger charge is -2.13. The number of para-hydroxylation sites is 1. The summed E-state index contributed by atoms with van der Waals surface area (Å²) in [6, 6.07) is 5.07. The Kier molecular flexibility index (Phi) is 4.18. The van der Waals surface area contributed by atoms with Crippen molar-refractivity contribution in [3.05, 3.63) is 29.3 Å². The average Bonchev–Trinajstić information content (AvgIpc) is 3.24. The van der Waals surface area contributed by atoms with Crippen LogP contribution in [0.25, 0.3) is 11.2 Å². The Morgan fingerprint density at radius 1 is 1.40 bits per heavy atom. The second-order valence-electron chi connectivity index (χ2n) is 5.62. The highest BCUT2D eigenvalue weighted by Crippen LogP contribution is 2.37. The quantitative estimate of drug-likeness (QED) is 0.642. The van der Waals surface area contributed by atoms with Gasteiger partial charge >= 0.3 is 0 Å². The van der Waals surface area contributed by atoms with Crippen molar-refractivity contribution in [2.45, 2.75) is 19.1 Å². The largest absolute Gasteiger partial charge is 0.504 e. The lowest BCUT2D eigenvalue weighted by molar-refractivity contribution is 0.0592. The molecule has 1 aromatic carbocycles. The standard InChI is InChI=1S/C16H16BrN5O3/c1-24-13-9(4-2-5-10(13)23)19-14-12-15(21-16(17)20-14)22(8-18-12)11-6-3-7-25-11/h2,4-5,8,11,23H,3,6-7H2,1H3,(H,19,20,21). The lowest BCUT2D eigenvalue weighted by atomic mass is 10.2. The smallest absolute Gasteiger partial charge is 0.200 e. The lowest BCUT2D eigenvalue weighted by Crippen LogP contribution is -2.07. The van der Waals surface area contributed by atoms with Gasteiger partial charge in [0, 0.05) is 6.61 Å². The maximum absolute atomic E-state index is 9.94. The van der Waals surface area contributed by atoms with Gasteiger partial charge in [-0.1, -0.05) is 6.07 Å². The highest BCUT2D eigenvalue weighted by Gasteiger charge is 2.22. The topological polar surface area (TPSA) is 94.3 Å². The molecule has 8 nitrogen and oxygen atoms in total. The number of benzene rings is 1. The van der Waals surface area contributed by atoms with E-state index in [-0.39, 0.29) is 12.0 Å². The van der Waals surface area contributed by atoms with Gasteiger partial charge in [0.25, 0.3) is 0 Å². The molecule has 2 N–H and O–H groups in total. The molecule has 1 unspecified atom stereocenters. The predicted molar refractivity (Wildman–Crippen MR) is 95.2 cm³/mol. The molecule has 4 rings (SSSR count). The maximum Gasteiger partial charge on any atom is 0.200 e. The van der Waals surface area contributed by atoms with Crippen molar-refractivity contribution >= 4 is 38.6 Å². The van der Waals surface area contributed by atoms with Crippen LogP contribution in [-0.2, 0) is 4.74 Å². The normalized spacial score (nSPS) is 17.1. The van der Waals surface area contributed by atoms with E-state index < -0.39 is 0 Å². The number of imidazole rings is 1. The Bertz CT molecular complexity index is 924. The molecule has 25 heavy (non-hydrogen) atoms. The predicted octanol–water partition coefficient (Wildman–Crippen LogP) is 3.36. The van der Waals surface area contributed by atoms with E-state index in [0.717, 1.165) is 19.4 Å². The van der Waals surface area contributed by atoms with Crippen molar-refractivity contribution in [1.29, 1.82) is 0 Å². The van der Waals surface area contributed by atoms with E-state index in [1.54, 1.807) is 24.5 Å². The van der Waals surface area contributed by atoms with Gasteiger partial charge in [-0.2, -0.15) is 0 Å². The van der Waals surface area contributed by atoms with Crippen molar-refractivity contribution < 1.29 is 14.6 Å². The summed E-state index contributed by atoms with van der Waals surface area (Å²) in [5.41, 5.74) is 1.88. The minimum absolute atomic E-state index is 0.0433. The van der Waals surface area contributed by atoms with Gasteiger partial charge in [0.2, 0.25) is 4.73 Å². The molecule has 1 atom stereocenters. The fourth-order valence-electron chi connectivity index (χ4n) is 2.93. The summed E-state index contributed by atoms with van der Waals surface area (Å²) in [5.74, 6) is 0.892. The van der Waals surface area contributed by atoms with Crippen LogP contribution in [0.3, 0.4) is 0 Å². The number of aromatic hydroxyl groups is 1. The zero-order valence-corrected chi connectivity index (χ0v) is 15.0. The van der Waals surface area contributed by atoms with Gasteiger partial charge in [-0.15, -0.1) is 0 Å². The first kappa shape index (κ1) is 16.1. The minimum Gasteiger partial charge on any atom is -0.504 e. The van der Waals surface area contributed by atoms with Crippen LogP contribution in [0.2, 0.25) is 0 Å². The number of methoxy groups -OCH3 is 1. The van der Waals surface area contributed by atoms with E-state index in [0.29, 0.717) is 33.2 Å². The van der Waals surface area contributed by atoms with Crippen molar-refractivity contribution in [1.82, 2.24) is 19.5 Å². The minimum atomic E-state index is -0.0602. The molecule has 0 saturated carbocycles. The van der Waals surface area contributed by atoms with E-state index in [2.05, 4.69) is 36.2 Å². The summed E-state index contributed by atoms with van der Waals surface area (Å²) >= 11 is 3.35. The van der Waals surface area contributed by atoms with E-state index >= 15 is 0 Å². The van der Waals surface area contributed by atoms with Gasteiger partial charge in [-0.05, 0) is 40.9 Å². The number of hydrogen-bond donors (Lipinski definition) is 2. The van der Waals surface area contributed by atoms with Crippen LogP contribution >= 0.6 is 15.9 Å². The Morgan fingerprint density at radius 2 is 2.28 bits per heavy atom. The molecule has 1 aliphatic heterocycles. The number of halogens is 1. The fourth-order valence-corrected chi connectivity index (χ4v) is 3.28. The summed E-state index contributed by atoms with van der Waals surface area (Å²) in [6.45, 7) is 0.738. The molecule has 1 aliphatic rings. The molecule has 0 aliphatic carbocycles. The van der Waals surface area contributed by atoms with Crippen LogP contribution in [-0.4, -0.2) is 38.3 Å². The van der Waals surface area contributed by atoms with Crippen LogP contribution in [0.15, 0.2) is 29.3 Å². The summed E-state index contributed by atoms with van der Waals surface area (Å²) in [7, 11) is 1.50. The number of phenols is 1. The van der Waals surface area contributed by atoms with Gasteiger partial charge in [-0.3, -0.25) is 4.57 Å². The fraction of sp³-hybridized carbons (Fsp3) is 0.312. The molecule has 3 heterocycles. The third kappa shape index (κ3) is 2.89. The molecular weight excluding hydrogens is 390 g/mol. The van der Waals surface area contributed by atoms with E-state index in [1.807, 2.05) is 4.57 Å². The Balaban J connectivity index is 1.79. The number of ether oxygens (including phenoxy) is 2. The van der Waals surface area contributed by atoms with Crippen LogP contribution < -0.4 is 10.1 Å². The summed E-state index contributed by atoms with van der Waals surface area (Å²) < 4.78 is 13.3. The highest BCUT2D eigenvalue weighted by molar-refractivity contribution is 9.10. The van der Waals surface area contributed by atoms with Crippen molar-refractivity contribution in [3.63, 3.8) is 0 Å². The zero-order chi connectivity index (χ0) is 17.4. The number of phenolic OH excluding ortho intramolecular Hbond substituents is 1. The van der Waals surface area contributed by atoms with E-state index in [9.17, 15) is 5.11 Å². The SMILES string of the molecule is COc1c(O)cccc1Nc1nc(Br)nc2c1ncn2C1CCCO1. The van der Waals surface area contributed by atoms with Crippen LogP contribution in [0, 0.1) is 0 Å². The summed E-state index contributed by atoms with van der Waals surface area (Å²) in [6.07, 6.45) is 3.60. The number of anilines is 2. The molecule has 0 amide bonds. The van der Waals surface area contributed by atoms with Crippen LogP contribution in [0.4, 0.5) is 11.5 Å². The van der Waals surface area contributed by atoms with Gasteiger partial charge in [-0.25, -0.2) is 15.0 Å². The monoisotopic (exact) mass is 405 g/mol. The third-order valence-electron chi connectivity index (χ3n) is 4.06. The number of nitrogens with zero attached hydrogens (tertiary/aromatic N) is 4. The molecule has 1 fully saturated rings. The van der Waals surface area contributed by atoms with Gasteiger partial charge in [0.15, 0.2) is 28.5 Å². The molecule has 3 aromatic rings. The first-order chi connectivity index (χ1) is 12.2. The molecule has 130 valence electrons. The molecule has 9 heteroatoms. The Hall–Kier alpha value is -2.39. The van der Waals surface area contributed by atoms with Crippen molar-refractivity contribution in [3.8, 4) is 11.5 Å². The highest BCUT2D eigenvalue weighted by atomic mass is 79.9. The van der Waals surface area contributed by atoms with Crippen LogP contribution in [0.5, 0.6) is 11.5 Å². The van der Waals surface area contributed by atoms with E-state index in [1.165, 1.54) is 7.11 Å². The summed E-state index contributed by atoms with van der Waals surface area (Å²) in [4.78, 5) is 13.3. The molecule has 0 radical (unpaired) electrons. The Labute approximate surface area is 152 Å². The van der Waals surface area contributed by atoms with Crippen molar-refractivity contribution in [2.24, 2.45) is 0 Å². The van der Waals surface area contributed by atoms with Gasteiger partial charge in [0.05, 0.1) is 19.1 Å². The number of hydrogen-bond acceptors (Lipinski definition) is 7. The second kappa shape index (κ2) is 6.49. The summed E-state index contributed by atoms with van der Waals surface area (Å²) in [5, 5.41) is 13.1.